The fraction of sp³-hybridized carbons (Fsp3) is 0.286. The van der Waals surface area contributed by atoms with E-state index in [9.17, 15) is 14.3 Å². The van der Waals surface area contributed by atoms with E-state index in [0.717, 1.165) is 0 Å². The van der Waals surface area contributed by atoms with Gasteiger partial charge >= 0.3 is 0 Å². The summed E-state index contributed by atoms with van der Waals surface area (Å²) in [5, 5.41) is 10.5. The fourth-order valence-corrected chi connectivity index (χ4v) is 1.73. The summed E-state index contributed by atoms with van der Waals surface area (Å²) in [6, 6.07) is 5.52. The number of carbonyl (C=O) groups excluding carboxylic acids is 1. The van der Waals surface area contributed by atoms with Gasteiger partial charge in [-0.05, 0) is 17.7 Å². The summed E-state index contributed by atoms with van der Waals surface area (Å²) in [6.07, 6.45) is 3.23. The summed E-state index contributed by atoms with van der Waals surface area (Å²) < 4.78 is 13.2. The Kier molecular flexibility index (Phi) is 5.38. The monoisotopic (exact) mass is 264 g/mol. The Morgan fingerprint density at radius 1 is 1.47 bits per heavy atom. The number of nitrogens with one attached hydrogen (secondary N) is 1. The summed E-state index contributed by atoms with van der Waals surface area (Å²) >= 11 is 0. The molecule has 0 fully saturated rings. The van der Waals surface area contributed by atoms with Crippen LogP contribution in [0.2, 0.25) is 0 Å². The number of carbonyl (C=O) groups is 1. The molecule has 1 unspecified atom stereocenters. The Hall–Kier alpha value is -2.01. The van der Waals surface area contributed by atoms with E-state index in [-0.39, 0.29) is 6.42 Å². The number of aromatic nitrogens is 2. The van der Waals surface area contributed by atoms with Crippen molar-refractivity contribution in [2.75, 3.05) is 0 Å². The largest absolute Gasteiger partial charge is 0.378 e. The summed E-state index contributed by atoms with van der Waals surface area (Å²) in [7, 11) is 0. The van der Waals surface area contributed by atoms with Crippen LogP contribution in [0.25, 0.3) is 0 Å². The molecule has 0 radical (unpaired) electrons. The Morgan fingerprint density at radius 2 is 2.21 bits per heavy atom. The van der Waals surface area contributed by atoms with Crippen LogP contribution in [0.5, 0.6) is 0 Å². The number of hydrogen-bond acceptors (Lipinski definition) is 3. The van der Waals surface area contributed by atoms with Crippen LogP contribution >= 0.6 is 0 Å². The molecule has 102 valence electrons. The number of imidazole rings is 1. The molecule has 4 nitrogen and oxygen atoms in total. The smallest absolute Gasteiger partial charge is 0.137 e. The minimum Gasteiger partial charge on any atom is -0.378 e. The zero-order chi connectivity index (χ0) is 14.3. The minimum atomic E-state index is -1.57. The first kappa shape index (κ1) is 15.0. The van der Waals surface area contributed by atoms with Gasteiger partial charge in [0.05, 0.1) is 18.2 Å². The van der Waals surface area contributed by atoms with Gasteiger partial charge in [0.15, 0.2) is 0 Å². The molecule has 0 amide bonds. The number of rotatable bonds is 4. The van der Waals surface area contributed by atoms with E-state index < -0.39 is 11.4 Å². The number of aldehydes is 1. The van der Waals surface area contributed by atoms with Crippen molar-refractivity contribution in [2.24, 2.45) is 0 Å². The zero-order valence-corrected chi connectivity index (χ0v) is 10.9. The zero-order valence-electron chi connectivity index (χ0n) is 10.9. The molecular formula is C14H17FN2O2. The summed E-state index contributed by atoms with van der Waals surface area (Å²) in [5.41, 5.74) is -0.899. The third-order valence-electron chi connectivity index (χ3n) is 2.62. The highest BCUT2D eigenvalue weighted by Crippen LogP contribution is 2.30. The number of benzene rings is 1. The number of aliphatic hydroxyl groups is 1. The number of hydrogen-bond donors (Lipinski definition) is 2. The van der Waals surface area contributed by atoms with E-state index in [1.807, 2.05) is 13.8 Å². The lowest BCUT2D eigenvalue weighted by molar-refractivity contribution is -0.111. The molecule has 1 aromatic carbocycles. The molecule has 1 heterocycles. The quantitative estimate of drug-likeness (QED) is 0.833. The van der Waals surface area contributed by atoms with Crippen LogP contribution < -0.4 is 0 Å². The maximum Gasteiger partial charge on any atom is 0.137 e. The molecule has 1 atom stereocenters. The van der Waals surface area contributed by atoms with Crippen LogP contribution in [0, 0.1) is 5.82 Å². The first-order valence-corrected chi connectivity index (χ1v) is 6.08. The number of halogens is 1. The number of aromatic amines is 1. The van der Waals surface area contributed by atoms with Gasteiger partial charge in [0.1, 0.15) is 17.7 Å². The molecule has 0 aliphatic heterocycles. The van der Waals surface area contributed by atoms with Crippen LogP contribution in [-0.2, 0) is 10.4 Å². The molecule has 2 N–H and O–H groups in total. The lowest BCUT2D eigenvalue weighted by atomic mass is 9.88. The first-order chi connectivity index (χ1) is 9.16. The van der Waals surface area contributed by atoms with Gasteiger partial charge in [-0.15, -0.1) is 0 Å². The fourth-order valence-electron chi connectivity index (χ4n) is 1.73. The molecule has 1 aromatic heterocycles. The van der Waals surface area contributed by atoms with Crippen LogP contribution in [-0.4, -0.2) is 21.4 Å². The van der Waals surface area contributed by atoms with Crippen molar-refractivity contribution >= 4 is 6.29 Å². The van der Waals surface area contributed by atoms with E-state index in [1.54, 1.807) is 6.07 Å². The molecule has 0 aliphatic rings. The van der Waals surface area contributed by atoms with Crippen molar-refractivity contribution in [3.63, 3.8) is 0 Å². The molecule has 0 spiro atoms. The highest BCUT2D eigenvalue weighted by atomic mass is 19.1. The van der Waals surface area contributed by atoms with Gasteiger partial charge in [-0.2, -0.15) is 0 Å². The van der Waals surface area contributed by atoms with E-state index >= 15 is 0 Å². The average Bonchev–Trinajstić information content (AvgIpc) is 2.96. The van der Waals surface area contributed by atoms with Crippen LogP contribution in [0.4, 0.5) is 4.39 Å². The Morgan fingerprint density at radius 3 is 2.74 bits per heavy atom. The predicted octanol–water partition coefficient (Wildman–Crippen LogP) is 2.40. The average molecular weight is 264 g/mol. The van der Waals surface area contributed by atoms with Crippen LogP contribution in [0.3, 0.4) is 0 Å². The molecule has 0 bridgehead atoms. The maximum absolute atomic E-state index is 13.2. The van der Waals surface area contributed by atoms with Gasteiger partial charge in [-0.3, -0.25) is 0 Å². The Balaban J connectivity index is 0.000000861. The Labute approximate surface area is 111 Å². The van der Waals surface area contributed by atoms with Gasteiger partial charge in [-0.1, -0.05) is 26.0 Å². The van der Waals surface area contributed by atoms with Gasteiger partial charge in [0.25, 0.3) is 0 Å². The van der Waals surface area contributed by atoms with E-state index in [0.29, 0.717) is 17.5 Å². The molecule has 5 heteroatoms. The van der Waals surface area contributed by atoms with Crippen LogP contribution in [0.1, 0.15) is 31.5 Å². The normalized spacial score (nSPS) is 13.1. The van der Waals surface area contributed by atoms with Gasteiger partial charge < -0.3 is 14.9 Å². The maximum atomic E-state index is 13.2. The molecule has 2 rings (SSSR count). The SMILES string of the molecule is CC.O=CCC(O)(c1cccc(F)c1)c1cnc[nH]1. The van der Waals surface area contributed by atoms with Crippen LogP contribution in [0.15, 0.2) is 36.8 Å². The topological polar surface area (TPSA) is 66.0 Å². The summed E-state index contributed by atoms with van der Waals surface area (Å²) in [4.78, 5) is 17.2. The second kappa shape index (κ2) is 6.80. The third-order valence-corrected chi connectivity index (χ3v) is 2.62. The number of H-pyrrole nitrogens is 1. The highest BCUT2D eigenvalue weighted by Gasteiger charge is 2.32. The second-order valence-electron chi connectivity index (χ2n) is 3.71. The van der Waals surface area contributed by atoms with Crippen molar-refractivity contribution < 1.29 is 14.3 Å². The molecule has 19 heavy (non-hydrogen) atoms. The summed E-state index contributed by atoms with van der Waals surface area (Å²) in [5.74, 6) is -0.466. The molecule has 0 saturated heterocycles. The second-order valence-corrected chi connectivity index (χ2v) is 3.71. The first-order valence-electron chi connectivity index (χ1n) is 6.08. The van der Waals surface area contributed by atoms with E-state index in [2.05, 4.69) is 9.97 Å². The van der Waals surface area contributed by atoms with Gasteiger partial charge in [-0.25, -0.2) is 9.37 Å². The lowest BCUT2D eigenvalue weighted by Crippen LogP contribution is -2.28. The number of nitrogens with zero attached hydrogens (tertiary/aromatic N) is 1. The van der Waals surface area contributed by atoms with Gasteiger partial charge in [0, 0.05) is 6.42 Å². The van der Waals surface area contributed by atoms with E-state index in [1.165, 1.54) is 30.7 Å². The Bertz CT molecular complexity index is 514. The molecular weight excluding hydrogens is 247 g/mol. The van der Waals surface area contributed by atoms with Crippen molar-refractivity contribution in [3.8, 4) is 0 Å². The predicted molar refractivity (Wildman–Crippen MR) is 70.0 cm³/mol. The van der Waals surface area contributed by atoms with Crippen molar-refractivity contribution in [2.45, 2.75) is 25.9 Å². The van der Waals surface area contributed by atoms with Crippen molar-refractivity contribution in [3.05, 3.63) is 53.9 Å². The standard InChI is InChI=1S/C12H11FN2O2.C2H6/c13-10-3-1-2-9(6-10)12(17,4-5-16)11-7-14-8-15-11;1-2/h1-3,5-8,17H,4H2,(H,14,15);1-2H3. The van der Waals surface area contributed by atoms with Crippen molar-refractivity contribution in [1.82, 2.24) is 9.97 Å². The molecule has 0 aliphatic carbocycles. The molecule has 2 aromatic rings. The third kappa shape index (κ3) is 3.26. The highest BCUT2D eigenvalue weighted by molar-refractivity contribution is 5.55. The molecule has 0 saturated carbocycles. The summed E-state index contributed by atoms with van der Waals surface area (Å²) in [6.45, 7) is 4.00. The van der Waals surface area contributed by atoms with Crippen molar-refractivity contribution in [1.29, 1.82) is 0 Å². The van der Waals surface area contributed by atoms with E-state index in [4.69, 9.17) is 0 Å². The van der Waals surface area contributed by atoms with Gasteiger partial charge in [0.2, 0.25) is 0 Å². The lowest BCUT2D eigenvalue weighted by Gasteiger charge is -2.25. The minimum absolute atomic E-state index is 0.168.